The maximum Gasteiger partial charge on any atom is 0.224 e. The molecule has 0 spiro atoms. The van der Waals surface area contributed by atoms with E-state index in [1.807, 2.05) is 19.9 Å². The Kier molecular flexibility index (Phi) is 3.78. The van der Waals surface area contributed by atoms with Crippen LogP contribution in [0, 0.1) is 6.92 Å². The maximum absolute atomic E-state index is 5.37. The third kappa shape index (κ3) is 2.85. The largest absolute Gasteiger partial charge is 0.380 e. The van der Waals surface area contributed by atoms with Gasteiger partial charge in [-0.25, -0.2) is 4.98 Å². The molecule has 5 nitrogen and oxygen atoms in total. The summed E-state index contributed by atoms with van der Waals surface area (Å²) in [6, 6.07) is 2.03. The fourth-order valence-corrected chi connectivity index (χ4v) is 2.08. The Labute approximate surface area is 102 Å². The lowest BCUT2D eigenvalue weighted by Gasteiger charge is -2.18. The van der Waals surface area contributed by atoms with Crippen molar-refractivity contribution in [3.05, 3.63) is 11.8 Å². The van der Waals surface area contributed by atoms with E-state index in [0.29, 0.717) is 12.1 Å². The van der Waals surface area contributed by atoms with Crippen molar-refractivity contribution in [3.8, 4) is 0 Å². The van der Waals surface area contributed by atoms with E-state index >= 15 is 0 Å². The van der Waals surface area contributed by atoms with Gasteiger partial charge in [0.15, 0.2) is 0 Å². The number of anilines is 2. The van der Waals surface area contributed by atoms with Crippen LogP contribution >= 0.6 is 0 Å². The smallest absolute Gasteiger partial charge is 0.224 e. The molecule has 17 heavy (non-hydrogen) atoms. The Hall–Kier alpha value is -1.36. The molecule has 1 aromatic rings. The number of aromatic nitrogens is 2. The molecule has 2 heterocycles. The Morgan fingerprint density at radius 1 is 1.53 bits per heavy atom. The monoisotopic (exact) mass is 236 g/mol. The molecule has 0 saturated carbocycles. The van der Waals surface area contributed by atoms with Crippen molar-refractivity contribution >= 4 is 11.8 Å². The van der Waals surface area contributed by atoms with E-state index in [1.165, 1.54) is 0 Å². The summed E-state index contributed by atoms with van der Waals surface area (Å²) in [5.41, 5.74) is 0.992. The molecule has 1 fully saturated rings. The van der Waals surface area contributed by atoms with E-state index < -0.39 is 0 Å². The van der Waals surface area contributed by atoms with Gasteiger partial charge in [0.2, 0.25) is 5.95 Å². The molecule has 5 heteroatoms. The Bertz CT molecular complexity index is 383. The first-order valence-corrected chi connectivity index (χ1v) is 6.10. The molecule has 0 bridgehead atoms. The van der Waals surface area contributed by atoms with Crippen LogP contribution in [0.25, 0.3) is 0 Å². The summed E-state index contributed by atoms with van der Waals surface area (Å²) >= 11 is 0. The molecule has 1 unspecified atom stereocenters. The summed E-state index contributed by atoms with van der Waals surface area (Å²) in [5.74, 6) is 1.70. The third-order valence-corrected chi connectivity index (χ3v) is 2.98. The van der Waals surface area contributed by atoms with Crippen LogP contribution in [0.4, 0.5) is 11.8 Å². The van der Waals surface area contributed by atoms with Crippen LogP contribution in [0.5, 0.6) is 0 Å². The Morgan fingerprint density at radius 2 is 2.35 bits per heavy atom. The maximum atomic E-state index is 5.37. The van der Waals surface area contributed by atoms with Crippen LogP contribution in [0.15, 0.2) is 6.07 Å². The fraction of sp³-hybridized carbons (Fsp3) is 0.667. The minimum atomic E-state index is 0.327. The molecular weight excluding hydrogens is 216 g/mol. The van der Waals surface area contributed by atoms with Gasteiger partial charge in [0.05, 0.1) is 6.10 Å². The highest BCUT2D eigenvalue weighted by molar-refractivity contribution is 5.45. The molecule has 1 aliphatic heterocycles. The molecule has 2 rings (SSSR count). The van der Waals surface area contributed by atoms with E-state index in [-0.39, 0.29) is 0 Å². The lowest BCUT2D eigenvalue weighted by atomic mass is 10.3. The number of nitrogens with zero attached hydrogens (tertiary/aromatic N) is 3. The second-order valence-corrected chi connectivity index (χ2v) is 4.31. The second-order valence-electron chi connectivity index (χ2n) is 4.31. The zero-order valence-corrected chi connectivity index (χ0v) is 10.7. The minimum Gasteiger partial charge on any atom is -0.380 e. The molecule has 1 aromatic heterocycles. The van der Waals surface area contributed by atoms with Gasteiger partial charge in [0, 0.05) is 38.5 Å². The summed E-state index contributed by atoms with van der Waals surface area (Å²) in [5, 5.41) is 3.16. The first-order valence-electron chi connectivity index (χ1n) is 6.10. The number of hydrogen-bond acceptors (Lipinski definition) is 5. The number of nitrogens with one attached hydrogen (secondary N) is 1. The van der Waals surface area contributed by atoms with E-state index in [1.54, 1.807) is 7.11 Å². The van der Waals surface area contributed by atoms with Gasteiger partial charge in [-0.1, -0.05) is 0 Å². The number of methoxy groups -OCH3 is 1. The zero-order valence-electron chi connectivity index (χ0n) is 10.7. The van der Waals surface area contributed by atoms with Crippen molar-refractivity contribution in [2.75, 3.05) is 37.0 Å². The molecule has 1 aliphatic rings. The second kappa shape index (κ2) is 5.31. The average Bonchev–Trinajstić information content (AvgIpc) is 2.77. The van der Waals surface area contributed by atoms with E-state index in [4.69, 9.17) is 4.74 Å². The zero-order chi connectivity index (χ0) is 12.3. The molecule has 1 atom stereocenters. The van der Waals surface area contributed by atoms with Crippen LogP contribution < -0.4 is 10.2 Å². The highest BCUT2D eigenvalue weighted by Gasteiger charge is 2.23. The van der Waals surface area contributed by atoms with Crippen molar-refractivity contribution in [2.24, 2.45) is 0 Å². The van der Waals surface area contributed by atoms with Crippen molar-refractivity contribution < 1.29 is 4.74 Å². The van der Waals surface area contributed by atoms with Crippen molar-refractivity contribution in [1.82, 2.24) is 9.97 Å². The minimum absolute atomic E-state index is 0.327. The molecule has 0 aliphatic carbocycles. The van der Waals surface area contributed by atoms with Gasteiger partial charge in [-0.05, 0) is 20.3 Å². The first kappa shape index (κ1) is 12.1. The highest BCUT2D eigenvalue weighted by atomic mass is 16.5. The van der Waals surface area contributed by atoms with Gasteiger partial charge in [-0.2, -0.15) is 4.98 Å². The van der Waals surface area contributed by atoms with Crippen molar-refractivity contribution in [2.45, 2.75) is 26.4 Å². The SMILES string of the molecule is CCNc1nc(C)cc(N2CCC(OC)C2)n1. The van der Waals surface area contributed by atoms with Gasteiger partial charge in [-0.15, -0.1) is 0 Å². The number of aryl methyl sites for hydroxylation is 1. The van der Waals surface area contributed by atoms with Gasteiger partial charge >= 0.3 is 0 Å². The predicted molar refractivity (Wildman–Crippen MR) is 68.6 cm³/mol. The number of ether oxygens (including phenoxy) is 1. The van der Waals surface area contributed by atoms with Crippen LogP contribution in [-0.4, -0.2) is 42.8 Å². The van der Waals surface area contributed by atoms with Crippen LogP contribution in [0.3, 0.4) is 0 Å². The van der Waals surface area contributed by atoms with Gasteiger partial charge < -0.3 is 15.0 Å². The number of rotatable bonds is 4. The molecule has 94 valence electrons. The average molecular weight is 236 g/mol. The summed E-state index contributed by atoms with van der Waals surface area (Å²) in [4.78, 5) is 11.1. The van der Waals surface area contributed by atoms with Gasteiger partial charge in [-0.3, -0.25) is 0 Å². The van der Waals surface area contributed by atoms with Crippen molar-refractivity contribution in [1.29, 1.82) is 0 Å². The van der Waals surface area contributed by atoms with Crippen molar-refractivity contribution in [3.63, 3.8) is 0 Å². The Balaban J connectivity index is 2.15. The van der Waals surface area contributed by atoms with Gasteiger partial charge in [0.25, 0.3) is 0 Å². The molecule has 1 saturated heterocycles. The topological polar surface area (TPSA) is 50.3 Å². The fourth-order valence-electron chi connectivity index (χ4n) is 2.08. The summed E-state index contributed by atoms with van der Waals surface area (Å²) in [6.45, 7) is 6.79. The summed E-state index contributed by atoms with van der Waals surface area (Å²) < 4.78 is 5.37. The first-order chi connectivity index (χ1) is 8.22. The standard InChI is InChI=1S/C12H20N4O/c1-4-13-12-14-9(2)7-11(15-12)16-6-5-10(8-16)17-3/h7,10H,4-6,8H2,1-3H3,(H,13,14,15). The molecule has 0 radical (unpaired) electrons. The summed E-state index contributed by atoms with van der Waals surface area (Å²) in [7, 11) is 1.77. The van der Waals surface area contributed by atoms with Crippen LogP contribution in [0.2, 0.25) is 0 Å². The lowest BCUT2D eigenvalue weighted by Crippen LogP contribution is -2.23. The number of hydrogen-bond donors (Lipinski definition) is 1. The molecule has 0 amide bonds. The predicted octanol–water partition coefficient (Wildman–Crippen LogP) is 1.44. The molecule has 0 aromatic carbocycles. The van der Waals surface area contributed by atoms with E-state index in [9.17, 15) is 0 Å². The highest BCUT2D eigenvalue weighted by Crippen LogP contribution is 2.21. The van der Waals surface area contributed by atoms with E-state index in [2.05, 4.69) is 20.2 Å². The third-order valence-electron chi connectivity index (χ3n) is 2.98. The van der Waals surface area contributed by atoms with Crippen LogP contribution in [0.1, 0.15) is 19.0 Å². The van der Waals surface area contributed by atoms with E-state index in [0.717, 1.165) is 37.6 Å². The molecular formula is C12H20N4O. The molecule has 1 N–H and O–H groups in total. The van der Waals surface area contributed by atoms with Gasteiger partial charge in [0.1, 0.15) is 5.82 Å². The van der Waals surface area contributed by atoms with Crippen LogP contribution in [-0.2, 0) is 4.74 Å². The summed E-state index contributed by atoms with van der Waals surface area (Å²) in [6.07, 6.45) is 1.39. The Morgan fingerprint density at radius 3 is 3.00 bits per heavy atom. The quantitative estimate of drug-likeness (QED) is 0.857. The normalized spacial score (nSPS) is 19.7. The lowest BCUT2D eigenvalue weighted by molar-refractivity contribution is 0.121.